The number of likely N-dealkylation sites (N-methyl/N-ethyl adjacent to an activating group) is 2. The predicted molar refractivity (Wildman–Crippen MR) is 87.9 cm³/mol. The van der Waals surface area contributed by atoms with Crippen molar-refractivity contribution in [3.8, 4) is 5.75 Å². The maximum absolute atomic E-state index is 5.23. The first-order chi connectivity index (χ1) is 10.1. The predicted octanol–water partition coefficient (Wildman–Crippen LogP) is 1.98. The van der Waals surface area contributed by atoms with Crippen LogP contribution in [0.2, 0.25) is 0 Å². The van der Waals surface area contributed by atoms with Crippen LogP contribution in [0.15, 0.2) is 24.3 Å². The van der Waals surface area contributed by atoms with E-state index in [9.17, 15) is 0 Å². The summed E-state index contributed by atoms with van der Waals surface area (Å²) in [4.78, 5) is 4.88. The van der Waals surface area contributed by atoms with E-state index in [4.69, 9.17) is 4.74 Å². The van der Waals surface area contributed by atoms with Crippen LogP contribution in [0.5, 0.6) is 5.75 Å². The second-order valence-corrected chi connectivity index (χ2v) is 6.04. The lowest BCUT2D eigenvalue weighted by Gasteiger charge is -2.38. The Labute approximate surface area is 129 Å². The Morgan fingerprint density at radius 1 is 1.24 bits per heavy atom. The fraction of sp³-hybridized carbons (Fsp3) is 0.647. The molecule has 4 heteroatoms. The molecule has 0 aliphatic carbocycles. The maximum atomic E-state index is 5.23. The van der Waals surface area contributed by atoms with Crippen molar-refractivity contribution in [2.45, 2.75) is 25.4 Å². The number of benzene rings is 1. The molecule has 1 fully saturated rings. The summed E-state index contributed by atoms with van der Waals surface area (Å²) in [5, 5.41) is 3.73. The Bertz CT molecular complexity index is 421. The highest BCUT2D eigenvalue weighted by Gasteiger charge is 2.22. The lowest BCUT2D eigenvalue weighted by Crippen LogP contribution is -2.54. The zero-order valence-electron chi connectivity index (χ0n) is 13.8. The third-order valence-electron chi connectivity index (χ3n) is 4.51. The van der Waals surface area contributed by atoms with Crippen molar-refractivity contribution in [2.75, 3.05) is 47.4 Å². The number of nitrogens with zero attached hydrogens (tertiary/aromatic N) is 2. The monoisotopic (exact) mass is 291 g/mol. The van der Waals surface area contributed by atoms with Gasteiger partial charge in [0.2, 0.25) is 0 Å². The van der Waals surface area contributed by atoms with Gasteiger partial charge in [-0.15, -0.1) is 0 Å². The van der Waals surface area contributed by atoms with Gasteiger partial charge in [0.05, 0.1) is 7.11 Å². The molecule has 0 spiro atoms. The van der Waals surface area contributed by atoms with Crippen LogP contribution in [0.25, 0.3) is 0 Å². The largest absolute Gasteiger partial charge is 0.497 e. The molecule has 1 N–H and O–H groups in total. The van der Waals surface area contributed by atoms with Gasteiger partial charge in [0, 0.05) is 38.3 Å². The van der Waals surface area contributed by atoms with Gasteiger partial charge in [-0.3, -0.25) is 4.90 Å². The molecule has 1 heterocycles. The second kappa shape index (κ2) is 7.78. The van der Waals surface area contributed by atoms with Gasteiger partial charge >= 0.3 is 0 Å². The summed E-state index contributed by atoms with van der Waals surface area (Å²) in [7, 11) is 6.15. The van der Waals surface area contributed by atoms with Gasteiger partial charge in [0.1, 0.15) is 5.75 Å². The van der Waals surface area contributed by atoms with Gasteiger partial charge in [-0.05, 0) is 38.2 Å². The molecule has 4 nitrogen and oxygen atoms in total. The number of rotatable bonds is 6. The number of ether oxygens (including phenoxy) is 1. The van der Waals surface area contributed by atoms with Crippen molar-refractivity contribution in [2.24, 2.45) is 0 Å². The first-order valence-corrected chi connectivity index (χ1v) is 7.90. The van der Waals surface area contributed by atoms with Crippen LogP contribution in [-0.4, -0.2) is 63.2 Å². The lowest BCUT2D eigenvalue weighted by molar-refractivity contribution is 0.111. The third-order valence-corrected chi connectivity index (χ3v) is 4.51. The van der Waals surface area contributed by atoms with Crippen LogP contribution in [0.3, 0.4) is 0 Å². The Balaban J connectivity index is 1.92. The summed E-state index contributed by atoms with van der Waals surface area (Å²) < 4.78 is 5.23. The van der Waals surface area contributed by atoms with Crippen LogP contribution in [-0.2, 0) is 0 Å². The summed E-state index contributed by atoms with van der Waals surface area (Å²) >= 11 is 0. The summed E-state index contributed by atoms with van der Waals surface area (Å²) in [6.07, 6.45) is 1.10. The average molecular weight is 291 g/mol. The molecular formula is C17H29N3O. The molecular weight excluding hydrogens is 262 g/mol. The van der Waals surface area contributed by atoms with Crippen LogP contribution in [0.1, 0.15) is 24.9 Å². The minimum atomic E-state index is 0.413. The SMILES string of the molecule is CCC(NCC1CN(C)CCN1C)c1ccc(OC)cc1. The summed E-state index contributed by atoms with van der Waals surface area (Å²) in [5.74, 6) is 0.919. The molecule has 21 heavy (non-hydrogen) atoms. The number of hydrogen-bond acceptors (Lipinski definition) is 4. The highest BCUT2D eigenvalue weighted by Crippen LogP contribution is 2.20. The average Bonchev–Trinajstić information content (AvgIpc) is 2.51. The molecule has 118 valence electrons. The smallest absolute Gasteiger partial charge is 0.118 e. The van der Waals surface area contributed by atoms with Crippen molar-refractivity contribution in [1.29, 1.82) is 0 Å². The van der Waals surface area contributed by atoms with E-state index in [1.807, 2.05) is 12.1 Å². The molecule has 1 aromatic rings. The van der Waals surface area contributed by atoms with Crippen molar-refractivity contribution < 1.29 is 4.74 Å². The van der Waals surface area contributed by atoms with E-state index in [-0.39, 0.29) is 0 Å². The second-order valence-electron chi connectivity index (χ2n) is 6.04. The summed E-state index contributed by atoms with van der Waals surface area (Å²) in [5.41, 5.74) is 1.34. The molecule has 0 aromatic heterocycles. The van der Waals surface area contributed by atoms with E-state index in [1.165, 1.54) is 12.1 Å². The molecule has 2 rings (SSSR count). The minimum Gasteiger partial charge on any atom is -0.497 e. The lowest BCUT2D eigenvalue weighted by atomic mass is 10.0. The van der Waals surface area contributed by atoms with Gasteiger partial charge in [-0.25, -0.2) is 0 Å². The van der Waals surface area contributed by atoms with E-state index in [0.29, 0.717) is 12.1 Å². The zero-order chi connectivity index (χ0) is 15.2. The van der Waals surface area contributed by atoms with Gasteiger partial charge < -0.3 is 15.0 Å². The molecule has 1 aromatic carbocycles. The highest BCUT2D eigenvalue weighted by molar-refractivity contribution is 5.29. The normalized spacial score (nSPS) is 22.2. The standard InChI is InChI=1S/C17H29N3O/c1-5-17(14-6-8-16(21-4)9-7-14)18-12-15-13-19(2)10-11-20(15)3/h6-9,15,17-18H,5,10-13H2,1-4H3. The van der Waals surface area contributed by atoms with Gasteiger partial charge in [0.25, 0.3) is 0 Å². The van der Waals surface area contributed by atoms with Crippen molar-refractivity contribution in [3.05, 3.63) is 29.8 Å². The molecule has 1 aliphatic heterocycles. The minimum absolute atomic E-state index is 0.413. The quantitative estimate of drug-likeness (QED) is 0.867. The topological polar surface area (TPSA) is 27.7 Å². The van der Waals surface area contributed by atoms with Gasteiger partial charge in [-0.1, -0.05) is 19.1 Å². The van der Waals surface area contributed by atoms with Crippen LogP contribution in [0.4, 0.5) is 0 Å². The summed E-state index contributed by atoms with van der Waals surface area (Å²) in [6.45, 7) is 6.73. The van der Waals surface area contributed by atoms with Gasteiger partial charge in [0.15, 0.2) is 0 Å². The first-order valence-electron chi connectivity index (χ1n) is 7.90. The van der Waals surface area contributed by atoms with Crippen molar-refractivity contribution >= 4 is 0 Å². The molecule has 0 amide bonds. The number of hydrogen-bond donors (Lipinski definition) is 1. The molecule has 0 saturated carbocycles. The molecule has 0 radical (unpaired) electrons. The maximum Gasteiger partial charge on any atom is 0.118 e. The van der Waals surface area contributed by atoms with E-state index in [1.54, 1.807) is 7.11 Å². The zero-order valence-corrected chi connectivity index (χ0v) is 13.8. The van der Waals surface area contributed by atoms with E-state index in [0.717, 1.165) is 31.8 Å². The molecule has 0 bridgehead atoms. The first kappa shape index (κ1) is 16.3. The van der Waals surface area contributed by atoms with Crippen LogP contribution >= 0.6 is 0 Å². The molecule has 2 atom stereocenters. The van der Waals surface area contributed by atoms with E-state index in [2.05, 4.69) is 48.3 Å². The van der Waals surface area contributed by atoms with Crippen LogP contribution in [0, 0.1) is 0 Å². The Kier molecular flexibility index (Phi) is 6.03. The Morgan fingerprint density at radius 3 is 2.57 bits per heavy atom. The van der Waals surface area contributed by atoms with E-state index >= 15 is 0 Å². The molecule has 1 aliphatic rings. The summed E-state index contributed by atoms with van der Waals surface area (Å²) in [6, 6.07) is 9.42. The number of nitrogens with one attached hydrogen (secondary N) is 1. The third kappa shape index (κ3) is 4.43. The number of piperazine rings is 1. The highest BCUT2D eigenvalue weighted by atomic mass is 16.5. The Hall–Kier alpha value is -1.10. The van der Waals surface area contributed by atoms with Crippen molar-refractivity contribution in [3.63, 3.8) is 0 Å². The molecule has 2 unspecified atom stereocenters. The van der Waals surface area contributed by atoms with E-state index < -0.39 is 0 Å². The fourth-order valence-electron chi connectivity index (χ4n) is 2.93. The van der Waals surface area contributed by atoms with Crippen LogP contribution < -0.4 is 10.1 Å². The van der Waals surface area contributed by atoms with Crippen molar-refractivity contribution in [1.82, 2.24) is 15.1 Å². The van der Waals surface area contributed by atoms with Gasteiger partial charge in [-0.2, -0.15) is 0 Å². The number of methoxy groups -OCH3 is 1. The molecule has 1 saturated heterocycles. The Morgan fingerprint density at radius 2 is 1.95 bits per heavy atom. The fourth-order valence-corrected chi connectivity index (χ4v) is 2.93.